The first kappa shape index (κ1) is 19.2. The fraction of sp³-hybridized carbons (Fsp3) is 0.100. The molecule has 7 nitrogen and oxygen atoms in total. The Morgan fingerprint density at radius 3 is 2.11 bits per heavy atom. The van der Waals surface area contributed by atoms with E-state index in [0.717, 1.165) is 0 Å². The molecule has 1 aromatic heterocycles. The van der Waals surface area contributed by atoms with Crippen LogP contribution in [0, 0.1) is 0 Å². The van der Waals surface area contributed by atoms with Crippen molar-refractivity contribution in [2.24, 2.45) is 0 Å². The predicted octanol–water partition coefficient (Wildman–Crippen LogP) is 3.96. The molecule has 28 heavy (non-hydrogen) atoms. The maximum atomic E-state index is 12.3. The molecule has 2 amide bonds. The Kier molecular flexibility index (Phi) is 6.13. The molecule has 0 bridgehead atoms. The average molecular weight is 395 g/mol. The van der Waals surface area contributed by atoms with Gasteiger partial charge in [-0.05, 0) is 48.5 Å². The van der Waals surface area contributed by atoms with Gasteiger partial charge in [0.1, 0.15) is 5.75 Å². The molecule has 8 heteroatoms. The molecule has 0 atom stereocenters. The Morgan fingerprint density at radius 2 is 1.54 bits per heavy atom. The quantitative estimate of drug-likeness (QED) is 0.486. The van der Waals surface area contributed by atoms with Crippen LogP contribution in [0.25, 0.3) is 0 Å². The maximum absolute atomic E-state index is 12.3. The van der Waals surface area contributed by atoms with E-state index in [1.165, 1.54) is 11.3 Å². The lowest BCUT2D eigenvalue weighted by molar-refractivity contribution is -0.134. The SMILES string of the molecule is CCC(=O)Oc1ccc(C(=O)Nc2ccc(C(=O)Nc3nccs3)cc2)cc1. The zero-order valence-electron chi connectivity index (χ0n) is 15.0. The first-order chi connectivity index (χ1) is 13.5. The summed E-state index contributed by atoms with van der Waals surface area (Å²) in [5.41, 5.74) is 1.43. The summed E-state index contributed by atoms with van der Waals surface area (Å²) in [6, 6.07) is 12.8. The normalized spacial score (nSPS) is 10.2. The van der Waals surface area contributed by atoms with Crippen LogP contribution in [0.5, 0.6) is 5.75 Å². The van der Waals surface area contributed by atoms with Crippen molar-refractivity contribution in [2.75, 3.05) is 10.6 Å². The molecule has 0 aliphatic heterocycles. The molecule has 0 radical (unpaired) electrons. The van der Waals surface area contributed by atoms with E-state index in [2.05, 4.69) is 15.6 Å². The van der Waals surface area contributed by atoms with E-state index < -0.39 is 0 Å². The van der Waals surface area contributed by atoms with E-state index >= 15 is 0 Å². The van der Waals surface area contributed by atoms with Gasteiger partial charge in [0.2, 0.25) is 0 Å². The molecule has 1 heterocycles. The van der Waals surface area contributed by atoms with Crippen molar-refractivity contribution in [3.63, 3.8) is 0 Å². The number of carbonyl (C=O) groups is 3. The number of amides is 2. The first-order valence-electron chi connectivity index (χ1n) is 8.48. The summed E-state index contributed by atoms with van der Waals surface area (Å²) < 4.78 is 5.08. The zero-order chi connectivity index (χ0) is 19.9. The topological polar surface area (TPSA) is 97.4 Å². The van der Waals surface area contributed by atoms with Gasteiger partial charge in [-0.25, -0.2) is 4.98 Å². The second-order valence-corrected chi connectivity index (χ2v) is 6.57. The lowest BCUT2D eigenvalue weighted by Crippen LogP contribution is -2.13. The highest BCUT2D eigenvalue weighted by molar-refractivity contribution is 7.13. The van der Waals surface area contributed by atoms with Crippen LogP contribution in [0.3, 0.4) is 0 Å². The lowest BCUT2D eigenvalue weighted by atomic mass is 10.1. The molecular weight excluding hydrogens is 378 g/mol. The molecule has 0 aliphatic rings. The molecular formula is C20H17N3O4S. The number of nitrogens with zero attached hydrogens (tertiary/aromatic N) is 1. The highest BCUT2D eigenvalue weighted by Gasteiger charge is 2.10. The van der Waals surface area contributed by atoms with Crippen LogP contribution in [-0.2, 0) is 4.79 Å². The number of carbonyl (C=O) groups excluding carboxylic acids is 3. The third-order valence-electron chi connectivity index (χ3n) is 3.69. The third-order valence-corrected chi connectivity index (χ3v) is 4.38. The van der Waals surface area contributed by atoms with Gasteiger partial charge in [-0.1, -0.05) is 6.92 Å². The second-order valence-electron chi connectivity index (χ2n) is 5.67. The van der Waals surface area contributed by atoms with Gasteiger partial charge in [0, 0.05) is 34.8 Å². The minimum absolute atomic E-state index is 0.273. The Bertz CT molecular complexity index is 968. The number of ether oxygens (including phenoxy) is 1. The van der Waals surface area contributed by atoms with Gasteiger partial charge < -0.3 is 10.1 Å². The second kappa shape index (κ2) is 8.92. The van der Waals surface area contributed by atoms with Gasteiger partial charge >= 0.3 is 5.97 Å². The molecule has 3 rings (SSSR count). The number of rotatable bonds is 6. The summed E-state index contributed by atoms with van der Waals surface area (Å²) in [6.07, 6.45) is 1.89. The molecule has 0 saturated heterocycles. The fourth-order valence-electron chi connectivity index (χ4n) is 2.24. The molecule has 2 N–H and O–H groups in total. The average Bonchev–Trinajstić information content (AvgIpc) is 3.22. The molecule has 0 fully saturated rings. The van der Waals surface area contributed by atoms with Crippen molar-refractivity contribution in [2.45, 2.75) is 13.3 Å². The minimum Gasteiger partial charge on any atom is -0.427 e. The van der Waals surface area contributed by atoms with Crippen molar-refractivity contribution >= 4 is 39.9 Å². The molecule has 0 unspecified atom stereocenters. The Morgan fingerprint density at radius 1 is 0.929 bits per heavy atom. The van der Waals surface area contributed by atoms with Gasteiger partial charge in [0.05, 0.1) is 0 Å². The fourth-order valence-corrected chi connectivity index (χ4v) is 2.76. The Labute approximate surface area is 165 Å². The smallest absolute Gasteiger partial charge is 0.310 e. The number of hydrogen-bond donors (Lipinski definition) is 2. The maximum Gasteiger partial charge on any atom is 0.310 e. The van der Waals surface area contributed by atoms with Gasteiger partial charge in [0.15, 0.2) is 5.13 Å². The molecule has 2 aromatic carbocycles. The molecule has 0 saturated carbocycles. The van der Waals surface area contributed by atoms with E-state index in [1.807, 2.05) is 0 Å². The number of nitrogens with one attached hydrogen (secondary N) is 2. The number of benzene rings is 2. The third kappa shape index (κ3) is 5.01. The van der Waals surface area contributed by atoms with E-state index in [4.69, 9.17) is 4.74 Å². The standard InChI is InChI=1S/C20H17N3O4S/c1-2-17(24)27-16-9-5-14(6-10-16)18(25)22-15-7-3-13(4-8-15)19(26)23-20-21-11-12-28-20/h3-12H,2H2,1H3,(H,22,25)(H,21,23,26). The van der Waals surface area contributed by atoms with E-state index in [-0.39, 0.29) is 24.2 Å². The van der Waals surface area contributed by atoms with Gasteiger partial charge in [0.25, 0.3) is 11.8 Å². The van der Waals surface area contributed by atoms with Crippen molar-refractivity contribution in [1.82, 2.24) is 4.98 Å². The van der Waals surface area contributed by atoms with Crippen molar-refractivity contribution < 1.29 is 19.1 Å². The molecule has 0 spiro atoms. The highest BCUT2D eigenvalue weighted by atomic mass is 32.1. The van der Waals surface area contributed by atoms with E-state index in [9.17, 15) is 14.4 Å². The van der Waals surface area contributed by atoms with Crippen LogP contribution in [0.1, 0.15) is 34.1 Å². The number of thiazole rings is 1. The van der Waals surface area contributed by atoms with E-state index in [0.29, 0.717) is 27.7 Å². The Balaban J connectivity index is 1.59. The summed E-state index contributed by atoms with van der Waals surface area (Å²) in [7, 11) is 0. The van der Waals surface area contributed by atoms with Gasteiger partial charge in [-0.15, -0.1) is 11.3 Å². The van der Waals surface area contributed by atoms with Gasteiger partial charge in [-0.2, -0.15) is 0 Å². The monoisotopic (exact) mass is 395 g/mol. The van der Waals surface area contributed by atoms with Crippen molar-refractivity contribution in [1.29, 1.82) is 0 Å². The van der Waals surface area contributed by atoms with Crippen LogP contribution in [-0.4, -0.2) is 22.8 Å². The summed E-state index contributed by atoms with van der Waals surface area (Å²) in [5, 5.41) is 7.74. The molecule has 0 aliphatic carbocycles. The van der Waals surface area contributed by atoms with Crippen LogP contribution in [0.15, 0.2) is 60.1 Å². The number of hydrogen-bond acceptors (Lipinski definition) is 6. The summed E-state index contributed by atoms with van der Waals surface area (Å²) in [6.45, 7) is 1.71. The van der Waals surface area contributed by atoms with Crippen LogP contribution in [0.2, 0.25) is 0 Å². The lowest BCUT2D eigenvalue weighted by Gasteiger charge is -2.08. The number of aromatic nitrogens is 1. The Hall–Kier alpha value is -3.52. The molecule has 3 aromatic rings. The number of anilines is 2. The number of esters is 1. The largest absolute Gasteiger partial charge is 0.427 e. The van der Waals surface area contributed by atoms with E-state index in [1.54, 1.807) is 67.0 Å². The molecule has 142 valence electrons. The zero-order valence-corrected chi connectivity index (χ0v) is 15.8. The summed E-state index contributed by atoms with van der Waals surface area (Å²) in [5.74, 6) is -0.534. The summed E-state index contributed by atoms with van der Waals surface area (Å²) in [4.78, 5) is 39.7. The first-order valence-corrected chi connectivity index (χ1v) is 9.36. The minimum atomic E-state index is -0.337. The highest BCUT2D eigenvalue weighted by Crippen LogP contribution is 2.17. The van der Waals surface area contributed by atoms with Gasteiger partial charge in [-0.3, -0.25) is 19.7 Å². The van der Waals surface area contributed by atoms with Crippen molar-refractivity contribution in [3.8, 4) is 5.75 Å². The van der Waals surface area contributed by atoms with Crippen molar-refractivity contribution in [3.05, 3.63) is 71.2 Å². The summed E-state index contributed by atoms with van der Waals surface area (Å²) >= 11 is 1.33. The van der Waals surface area contributed by atoms with Crippen LogP contribution in [0.4, 0.5) is 10.8 Å². The van der Waals surface area contributed by atoms with Crippen LogP contribution >= 0.6 is 11.3 Å². The predicted molar refractivity (Wildman–Crippen MR) is 107 cm³/mol. The van der Waals surface area contributed by atoms with Crippen LogP contribution < -0.4 is 15.4 Å².